The van der Waals surface area contributed by atoms with Crippen molar-refractivity contribution in [2.24, 2.45) is 5.11 Å². The second kappa shape index (κ2) is 5.92. The fourth-order valence-electron chi connectivity index (χ4n) is 1.13. The number of aromatic nitrogens is 1. The predicted octanol–water partition coefficient (Wildman–Crippen LogP) is 0.795. The van der Waals surface area contributed by atoms with Gasteiger partial charge in [-0.15, -0.1) is 0 Å². The molecule has 86 valence electrons. The van der Waals surface area contributed by atoms with E-state index in [1.807, 2.05) is 0 Å². The molecule has 16 heavy (non-hydrogen) atoms. The molecule has 1 aromatic heterocycles. The summed E-state index contributed by atoms with van der Waals surface area (Å²) in [6.07, 6.45) is -0.891. The topological polar surface area (TPSA) is 111 Å². The second-order valence-electron chi connectivity index (χ2n) is 3.06. The van der Waals surface area contributed by atoms with Crippen molar-refractivity contribution < 1.29 is 14.9 Å². The summed E-state index contributed by atoms with van der Waals surface area (Å²) in [7, 11) is 1.48. The van der Waals surface area contributed by atoms with Gasteiger partial charge in [0.25, 0.3) is 0 Å². The van der Waals surface area contributed by atoms with Crippen molar-refractivity contribution in [1.82, 2.24) is 4.98 Å². The zero-order chi connectivity index (χ0) is 12.0. The van der Waals surface area contributed by atoms with Gasteiger partial charge in [0.2, 0.25) is 5.88 Å². The number of pyridine rings is 1. The van der Waals surface area contributed by atoms with Crippen molar-refractivity contribution >= 4 is 0 Å². The molecule has 2 N–H and O–H groups in total. The summed E-state index contributed by atoms with van der Waals surface area (Å²) in [5.74, 6) is 0.417. The minimum atomic E-state index is -1.15. The van der Waals surface area contributed by atoms with Crippen LogP contribution < -0.4 is 4.74 Å². The van der Waals surface area contributed by atoms with Gasteiger partial charge in [-0.3, -0.25) is 0 Å². The van der Waals surface area contributed by atoms with E-state index in [0.29, 0.717) is 11.4 Å². The zero-order valence-electron chi connectivity index (χ0n) is 8.69. The van der Waals surface area contributed by atoms with Crippen molar-refractivity contribution in [3.8, 4) is 5.88 Å². The standard InChI is InChI=1S/C9H12N4O3/c1-16-8-3-2-6(4-11-8)9(15)7(14)5-12-13-10/h2-4,7,9,14-15H,5H2,1H3. The molecule has 1 aromatic rings. The molecule has 0 fully saturated rings. The Hall–Kier alpha value is -1.82. The van der Waals surface area contributed by atoms with Crippen LogP contribution in [0.3, 0.4) is 0 Å². The molecule has 0 radical (unpaired) electrons. The third-order valence-electron chi connectivity index (χ3n) is 2.01. The molecule has 0 aliphatic rings. The monoisotopic (exact) mass is 224 g/mol. The molecule has 0 saturated carbocycles. The summed E-state index contributed by atoms with van der Waals surface area (Å²) in [4.78, 5) is 6.38. The molecular weight excluding hydrogens is 212 g/mol. The van der Waals surface area contributed by atoms with Crippen LogP contribution in [-0.2, 0) is 0 Å². The van der Waals surface area contributed by atoms with E-state index in [4.69, 9.17) is 10.3 Å². The number of nitrogens with zero attached hydrogens (tertiary/aromatic N) is 4. The van der Waals surface area contributed by atoms with E-state index in [1.165, 1.54) is 13.3 Å². The zero-order valence-corrected chi connectivity index (χ0v) is 8.69. The van der Waals surface area contributed by atoms with Gasteiger partial charge in [-0.1, -0.05) is 5.11 Å². The Kier molecular flexibility index (Phi) is 4.53. The van der Waals surface area contributed by atoms with E-state index < -0.39 is 12.2 Å². The number of methoxy groups -OCH3 is 1. The van der Waals surface area contributed by atoms with Crippen LogP contribution in [0.15, 0.2) is 23.4 Å². The Morgan fingerprint density at radius 1 is 1.56 bits per heavy atom. The normalized spacial score (nSPS) is 13.7. The lowest BCUT2D eigenvalue weighted by atomic mass is 10.1. The number of hydrogen-bond acceptors (Lipinski definition) is 5. The first kappa shape index (κ1) is 12.3. The van der Waals surface area contributed by atoms with Crippen LogP contribution in [0.5, 0.6) is 5.88 Å². The molecule has 1 heterocycles. The van der Waals surface area contributed by atoms with E-state index in [0.717, 1.165) is 0 Å². The molecule has 0 aromatic carbocycles. The molecule has 2 unspecified atom stereocenters. The Balaban J connectivity index is 2.71. The third-order valence-corrected chi connectivity index (χ3v) is 2.01. The van der Waals surface area contributed by atoms with Crippen LogP contribution in [0.4, 0.5) is 0 Å². The number of azide groups is 1. The van der Waals surface area contributed by atoms with E-state index in [2.05, 4.69) is 15.0 Å². The van der Waals surface area contributed by atoms with E-state index in [9.17, 15) is 10.2 Å². The van der Waals surface area contributed by atoms with Crippen LogP contribution in [0.2, 0.25) is 0 Å². The fraction of sp³-hybridized carbons (Fsp3) is 0.444. The van der Waals surface area contributed by atoms with Crippen LogP contribution in [0.25, 0.3) is 10.4 Å². The Labute approximate surface area is 91.9 Å². The van der Waals surface area contributed by atoms with Gasteiger partial charge in [0, 0.05) is 22.7 Å². The van der Waals surface area contributed by atoms with Gasteiger partial charge in [0.1, 0.15) is 6.10 Å². The third kappa shape index (κ3) is 3.09. The second-order valence-corrected chi connectivity index (χ2v) is 3.06. The average Bonchev–Trinajstić information content (AvgIpc) is 2.35. The van der Waals surface area contributed by atoms with Gasteiger partial charge < -0.3 is 14.9 Å². The highest BCUT2D eigenvalue weighted by atomic mass is 16.5. The average molecular weight is 224 g/mol. The largest absolute Gasteiger partial charge is 0.481 e. The summed E-state index contributed by atoms with van der Waals surface area (Å²) in [6, 6.07) is 3.15. The van der Waals surface area contributed by atoms with Crippen molar-refractivity contribution in [3.63, 3.8) is 0 Å². The molecule has 0 aliphatic carbocycles. The summed E-state index contributed by atoms with van der Waals surface area (Å²) < 4.78 is 4.85. The maximum atomic E-state index is 9.67. The fourth-order valence-corrected chi connectivity index (χ4v) is 1.13. The first-order valence-corrected chi connectivity index (χ1v) is 4.56. The van der Waals surface area contributed by atoms with Gasteiger partial charge in [0.05, 0.1) is 19.8 Å². The van der Waals surface area contributed by atoms with Gasteiger partial charge in [-0.25, -0.2) is 4.98 Å². The van der Waals surface area contributed by atoms with Crippen molar-refractivity contribution in [2.75, 3.05) is 13.7 Å². The lowest BCUT2D eigenvalue weighted by Gasteiger charge is -2.15. The maximum absolute atomic E-state index is 9.67. The Morgan fingerprint density at radius 3 is 2.81 bits per heavy atom. The van der Waals surface area contributed by atoms with E-state index >= 15 is 0 Å². The molecule has 2 atom stereocenters. The molecular formula is C9H12N4O3. The smallest absolute Gasteiger partial charge is 0.212 e. The summed E-state index contributed by atoms with van der Waals surface area (Å²) >= 11 is 0. The quantitative estimate of drug-likeness (QED) is 0.437. The number of aliphatic hydroxyl groups is 2. The number of rotatable bonds is 5. The van der Waals surface area contributed by atoms with E-state index in [1.54, 1.807) is 12.1 Å². The molecule has 1 rings (SSSR count). The Morgan fingerprint density at radius 2 is 2.31 bits per heavy atom. The molecule has 0 amide bonds. The molecule has 7 heteroatoms. The van der Waals surface area contributed by atoms with Gasteiger partial charge in [0.15, 0.2) is 0 Å². The first-order chi connectivity index (χ1) is 7.69. The summed E-state index contributed by atoms with van der Waals surface area (Å²) in [6.45, 7) is -0.191. The van der Waals surface area contributed by atoms with Gasteiger partial charge in [-0.05, 0) is 11.6 Å². The van der Waals surface area contributed by atoms with Crippen LogP contribution in [0.1, 0.15) is 11.7 Å². The number of aliphatic hydroxyl groups excluding tert-OH is 2. The first-order valence-electron chi connectivity index (χ1n) is 4.56. The molecule has 7 nitrogen and oxygen atoms in total. The van der Waals surface area contributed by atoms with Gasteiger partial charge >= 0.3 is 0 Å². The molecule has 0 bridgehead atoms. The Bertz CT molecular complexity index is 375. The predicted molar refractivity (Wildman–Crippen MR) is 55.8 cm³/mol. The van der Waals surface area contributed by atoms with Crippen LogP contribution in [0, 0.1) is 0 Å². The SMILES string of the molecule is COc1ccc(C(O)C(O)CN=[N+]=[N-])cn1. The highest BCUT2D eigenvalue weighted by Gasteiger charge is 2.17. The van der Waals surface area contributed by atoms with Crippen molar-refractivity contribution in [1.29, 1.82) is 0 Å². The number of ether oxygens (including phenoxy) is 1. The summed E-state index contributed by atoms with van der Waals surface area (Å²) in [5.41, 5.74) is 8.50. The van der Waals surface area contributed by atoms with Crippen molar-refractivity contribution in [2.45, 2.75) is 12.2 Å². The van der Waals surface area contributed by atoms with E-state index in [-0.39, 0.29) is 6.54 Å². The minimum absolute atomic E-state index is 0.191. The highest BCUT2D eigenvalue weighted by molar-refractivity contribution is 5.20. The molecule has 0 spiro atoms. The maximum Gasteiger partial charge on any atom is 0.212 e. The lowest BCUT2D eigenvalue weighted by Crippen LogP contribution is -2.21. The van der Waals surface area contributed by atoms with Crippen molar-refractivity contribution in [3.05, 3.63) is 34.3 Å². The molecule has 0 aliphatic heterocycles. The highest BCUT2D eigenvalue weighted by Crippen LogP contribution is 2.18. The summed E-state index contributed by atoms with van der Waals surface area (Å²) in [5, 5.41) is 22.3. The molecule has 0 saturated heterocycles. The van der Waals surface area contributed by atoms with Crippen LogP contribution >= 0.6 is 0 Å². The van der Waals surface area contributed by atoms with Gasteiger partial charge in [-0.2, -0.15) is 0 Å². The number of hydrogen-bond donors (Lipinski definition) is 2. The van der Waals surface area contributed by atoms with Crippen LogP contribution in [-0.4, -0.2) is 35.0 Å². The lowest BCUT2D eigenvalue weighted by molar-refractivity contribution is 0.0241. The minimum Gasteiger partial charge on any atom is -0.481 e.